The van der Waals surface area contributed by atoms with Gasteiger partial charge in [0, 0.05) is 17.6 Å². The Morgan fingerprint density at radius 3 is 1.70 bits per heavy atom. The van der Waals surface area contributed by atoms with Gasteiger partial charge in [0.05, 0.1) is 0 Å². The summed E-state index contributed by atoms with van der Waals surface area (Å²) in [5, 5.41) is 0. The van der Waals surface area contributed by atoms with Gasteiger partial charge in [-0.15, -0.1) is 0 Å². The molecule has 0 atom stereocenters. The van der Waals surface area contributed by atoms with Crippen LogP contribution in [0.5, 0.6) is 0 Å². The standard InChI is InChI=1S/C16H26O4/c1-11(2)14(17)19-13(20-15(18)12(3)4)9-8-10-16(5,6)7/h13H,1,3,8-10H2,2,4-7H3. The van der Waals surface area contributed by atoms with Crippen LogP contribution in [0, 0.1) is 5.41 Å². The second kappa shape index (κ2) is 7.88. The Bertz CT molecular complexity index is 360. The molecule has 0 rings (SSSR count). The molecule has 0 fully saturated rings. The van der Waals surface area contributed by atoms with E-state index in [-0.39, 0.29) is 16.6 Å². The van der Waals surface area contributed by atoms with E-state index in [4.69, 9.17) is 9.47 Å². The molecule has 0 bridgehead atoms. The lowest BCUT2D eigenvalue weighted by Crippen LogP contribution is -2.25. The van der Waals surface area contributed by atoms with Crippen LogP contribution >= 0.6 is 0 Å². The van der Waals surface area contributed by atoms with Gasteiger partial charge >= 0.3 is 11.9 Å². The Balaban J connectivity index is 4.54. The molecule has 0 saturated heterocycles. The molecule has 0 N–H and O–H groups in total. The Kier molecular flexibility index (Phi) is 7.25. The van der Waals surface area contributed by atoms with Crippen LogP contribution in [0.3, 0.4) is 0 Å². The molecule has 0 aliphatic heterocycles. The predicted octanol–water partition coefficient (Wildman–Crippen LogP) is 3.77. The van der Waals surface area contributed by atoms with Gasteiger partial charge in [-0.2, -0.15) is 0 Å². The molecule has 0 spiro atoms. The molecule has 0 aromatic heterocycles. The SMILES string of the molecule is C=C(C)C(=O)OC(CCCC(C)(C)C)OC(=O)C(=C)C. The minimum atomic E-state index is -0.884. The van der Waals surface area contributed by atoms with E-state index in [1.807, 2.05) is 0 Å². The molecular formula is C16H26O4. The Hall–Kier alpha value is -1.58. The summed E-state index contributed by atoms with van der Waals surface area (Å²) in [6, 6.07) is 0. The summed E-state index contributed by atoms with van der Waals surface area (Å²) in [5.74, 6) is -1.11. The van der Waals surface area contributed by atoms with Crippen molar-refractivity contribution in [2.75, 3.05) is 0 Å². The number of rotatable bonds is 7. The van der Waals surface area contributed by atoms with Crippen molar-refractivity contribution in [2.24, 2.45) is 5.41 Å². The zero-order chi connectivity index (χ0) is 15.9. The van der Waals surface area contributed by atoms with Gasteiger partial charge in [-0.3, -0.25) is 0 Å². The fraction of sp³-hybridized carbons (Fsp3) is 0.625. The third-order valence-corrected chi connectivity index (χ3v) is 2.54. The summed E-state index contributed by atoms with van der Waals surface area (Å²) in [4.78, 5) is 23.1. The normalized spacial score (nSPS) is 11.1. The Labute approximate surface area is 121 Å². The van der Waals surface area contributed by atoms with Crippen LogP contribution in [0.2, 0.25) is 0 Å². The molecule has 0 heterocycles. The lowest BCUT2D eigenvalue weighted by molar-refractivity contribution is -0.183. The average Bonchev–Trinajstić information content (AvgIpc) is 2.26. The van der Waals surface area contributed by atoms with E-state index in [0.717, 1.165) is 12.8 Å². The molecule has 4 heteroatoms. The number of carbonyl (C=O) groups excluding carboxylic acids is 2. The molecular weight excluding hydrogens is 256 g/mol. The summed E-state index contributed by atoms with van der Waals surface area (Å²) in [6.45, 7) is 16.5. The first-order valence-electron chi connectivity index (χ1n) is 6.76. The second-order valence-electron chi connectivity index (χ2n) is 6.25. The third-order valence-electron chi connectivity index (χ3n) is 2.54. The van der Waals surface area contributed by atoms with E-state index in [1.165, 1.54) is 0 Å². The Morgan fingerprint density at radius 1 is 1.00 bits per heavy atom. The van der Waals surface area contributed by atoms with Crippen LogP contribution in [0.1, 0.15) is 53.9 Å². The zero-order valence-electron chi connectivity index (χ0n) is 13.2. The molecule has 0 aromatic carbocycles. The second-order valence-corrected chi connectivity index (χ2v) is 6.25. The summed E-state index contributed by atoms with van der Waals surface area (Å²) in [5.41, 5.74) is 0.732. The maximum atomic E-state index is 11.5. The molecule has 0 unspecified atom stereocenters. The Morgan fingerprint density at radius 2 is 1.40 bits per heavy atom. The van der Waals surface area contributed by atoms with Crippen molar-refractivity contribution in [2.45, 2.75) is 60.2 Å². The fourth-order valence-electron chi connectivity index (χ4n) is 1.38. The zero-order valence-corrected chi connectivity index (χ0v) is 13.2. The highest BCUT2D eigenvalue weighted by molar-refractivity contribution is 5.88. The van der Waals surface area contributed by atoms with E-state index < -0.39 is 18.2 Å². The summed E-state index contributed by atoms with van der Waals surface area (Å²) >= 11 is 0. The lowest BCUT2D eigenvalue weighted by atomic mass is 9.90. The quantitative estimate of drug-likeness (QED) is 0.405. The van der Waals surface area contributed by atoms with Crippen molar-refractivity contribution in [3.63, 3.8) is 0 Å². The van der Waals surface area contributed by atoms with E-state index in [0.29, 0.717) is 6.42 Å². The molecule has 4 nitrogen and oxygen atoms in total. The number of ether oxygens (including phenoxy) is 2. The molecule has 0 saturated carbocycles. The highest BCUT2D eigenvalue weighted by Crippen LogP contribution is 2.23. The largest absolute Gasteiger partial charge is 0.422 e. The molecule has 0 amide bonds. The molecule has 0 aliphatic rings. The van der Waals surface area contributed by atoms with Gasteiger partial charge in [-0.1, -0.05) is 33.9 Å². The van der Waals surface area contributed by atoms with E-state index in [2.05, 4.69) is 33.9 Å². The van der Waals surface area contributed by atoms with E-state index in [1.54, 1.807) is 13.8 Å². The van der Waals surface area contributed by atoms with Gasteiger partial charge in [0.15, 0.2) is 0 Å². The van der Waals surface area contributed by atoms with Crippen molar-refractivity contribution >= 4 is 11.9 Å². The minimum Gasteiger partial charge on any atom is -0.422 e. The van der Waals surface area contributed by atoms with Crippen LogP contribution in [-0.4, -0.2) is 18.2 Å². The summed E-state index contributed by atoms with van der Waals surface area (Å²) < 4.78 is 10.2. The molecule has 0 aliphatic carbocycles. The van der Waals surface area contributed by atoms with Gasteiger partial charge in [0.2, 0.25) is 6.29 Å². The van der Waals surface area contributed by atoms with Crippen molar-refractivity contribution in [3.05, 3.63) is 24.3 Å². The van der Waals surface area contributed by atoms with Crippen molar-refractivity contribution < 1.29 is 19.1 Å². The van der Waals surface area contributed by atoms with Crippen LogP contribution in [0.15, 0.2) is 24.3 Å². The number of carbonyl (C=O) groups is 2. The van der Waals surface area contributed by atoms with Crippen molar-refractivity contribution in [3.8, 4) is 0 Å². The summed E-state index contributed by atoms with van der Waals surface area (Å²) in [6.07, 6.45) is 1.32. The first-order valence-corrected chi connectivity index (χ1v) is 6.76. The van der Waals surface area contributed by atoms with Crippen molar-refractivity contribution in [1.82, 2.24) is 0 Å². The number of hydrogen-bond donors (Lipinski definition) is 0. The molecule has 114 valence electrons. The van der Waals surface area contributed by atoms with Gasteiger partial charge in [-0.05, 0) is 32.1 Å². The van der Waals surface area contributed by atoms with Crippen molar-refractivity contribution in [1.29, 1.82) is 0 Å². The first-order chi connectivity index (χ1) is 9.03. The topological polar surface area (TPSA) is 52.6 Å². The van der Waals surface area contributed by atoms with Crippen LogP contribution in [0.25, 0.3) is 0 Å². The smallest absolute Gasteiger partial charge is 0.336 e. The molecule has 0 radical (unpaired) electrons. The van der Waals surface area contributed by atoms with Gasteiger partial charge in [-0.25, -0.2) is 9.59 Å². The van der Waals surface area contributed by atoms with Crippen LogP contribution < -0.4 is 0 Å². The van der Waals surface area contributed by atoms with Gasteiger partial charge < -0.3 is 9.47 Å². The predicted molar refractivity (Wildman–Crippen MR) is 78.9 cm³/mol. The highest BCUT2D eigenvalue weighted by Gasteiger charge is 2.21. The van der Waals surface area contributed by atoms with Gasteiger partial charge in [0.25, 0.3) is 0 Å². The van der Waals surface area contributed by atoms with Gasteiger partial charge in [0.1, 0.15) is 0 Å². The van der Waals surface area contributed by atoms with E-state index in [9.17, 15) is 9.59 Å². The number of hydrogen-bond acceptors (Lipinski definition) is 4. The highest BCUT2D eigenvalue weighted by atomic mass is 16.7. The first kappa shape index (κ1) is 18.4. The third kappa shape index (κ3) is 8.51. The van der Waals surface area contributed by atoms with Crippen LogP contribution in [-0.2, 0) is 19.1 Å². The molecule has 0 aromatic rings. The average molecular weight is 282 g/mol. The monoisotopic (exact) mass is 282 g/mol. The maximum Gasteiger partial charge on any atom is 0.336 e. The number of esters is 2. The van der Waals surface area contributed by atoms with E-state index >= 15 is 0 Å². The maximum absolute atomic E-state index is 11.5. The summed E-state index contributed by atoms with van der Waals surface area (Å²) in [7, 11) is 0. The fourth-order valence-corrected chi connectivity index (χ4v) is 1.38. The minimum absolute atomic E-state index is 0.182. The van der Waals surface area contributed by atoms with Crippen LogP contribution in [0.4, 0.5) is 0 Å². The lowest BCUT2D eigenvalue weighted by Gasteiger charge is -2.21. The molecule has 20 heavy (non-hydrogen) atoms.